The normalized spacial score (nSPS) is 12.8. The average Bonchev–Trinajstić information content (AvgIpc) is 2.94. The molecule has 1 N–H and O–H groups in total. The molecule has 0 bridgehead atoms. The molecule has 40 heavy (non-hydrogen) atoms. The predicted molar refractivity (Wildman–Crippen MR) is 161 cm³/mol. The monoisotopic (exact) mass is 563 g/mol. The van der Waals surface area contributed by atoms with Gasteiger partial charge in [-0.25, -0.2) is 8.42 Å². The summed E-state index contributed by atoms with van der Waals surface area (Å²) in [6.07, 6.45) is 2.74. The van der Waals surface area contributed by atoms with E-state index in [2.05, 4.69) is 5.32 Å². The van der Waals surface area contributed by atoms with E-state index in [0.29, 0.717) is 18.5 Å². The Hall–Kier alpha value is -3.65. The largest absolute Gasteiger partial charge is 0.352 e. The summed E-state index contributed by atoms with van der Waals surface area (Å²) in [5, 5.41) is 3.08. The molecule has 2 amide bonds. The first-order chi connectivity index (χ1) is 19.1. The molecule has 7 nitrogen and oxygen atoms in total. The van der Waals surface area contributed by atoms with Crippen LogP contribution in [0.3, 0.4) is 0 Å². The third-order valence-electron chi connectivity index (χ3n) is 7.07. The standard InChI is InChI=1S/C32H41N3O4S/c1-5-26(3)33-32(37)30(23-27-16-8-6-9-17-27)34(24-28-18-13-12-15-25(28)2)31(36)21-14-22-35(40(4,38)39)29-19-10-7-11-20-29/h6-13,15-20,26,30H,5,14,21-24H2,1-4H3,(H,33,37). The fourth-order valence-corrected chi connectivity index (χ4v) is 5.53. The summed E-state index contributed by atoms with van der Waals surface area (Å²) in [6.45, 7) is 6.40. The van der Waals surface area contributed by atoms with E-state index in [0.717, 1.165) is 23.1 Å². The number of hydrogen-bond donors (Lipinski definition) is 1. The molecule has 0 fully saturated rings. The Labute approximate surface area is 239 Å². The highest BCUT2D eigenvalue weighted by Gasteiger charge is 2.31. The highest BCUT2D eigenvalue weighted by molar-refractivity contribution is 7.92. The van der Waals surface area contributed by atoms with Crippen LogP contribution < -0.4 is 9.62 Å². The summed E-state index contributed by atoms with van der Waals surface area (Å²) in [5.41, 5.74) is 3.52. The molecule has 0 aliphatic rings. The van der Waals surface area contributed by atoms with Crippen molar-refractivity contribution in [3.05, 3.63) is 102 Å². The van der Waals surface area contributed by atoms with E-state index >= 15 is 0 Å². The first-order valence-electron chi connectivity index (χ1n) is 13.8. The van der Waals surface area contributed by atoms with Gasteiger partial charge in [-0.2, -0.15) is 0 Å². The number of para-hydroxylation sites is 1. The molecular weight excluding hydrogens is 522 g/mol. The first-order valence-corrected chi connectivity index (χ1v) is 15.7. The lowest BCUT2D eigenvalue weighted by Crippen LogP contribution is -2.52. The fourth-order valence-electron chi connectivity index (χ4n) is 4.56. The molecule has 0 heterocycles. The molecule has 8 heteroatoms. The summed E-state index contributed by atoms with van der Waals surface area (Å²) >= 11 is 0. The molecule has 2 unspecified atom stereocenters. The van der Waals surface area contributed by atoms with E-state index in [4.69, 9.17) is 0 Å². The second-order valence-electron chi connectivity index (χ2n) is 10.2. The topological polar surface area (TPSA) is 86.8 Å². The smallest absolute Gasteiger partial charge is 0.243 e. The molecule has 3 aromatic carbocycles. The van der Waals surface area contributed by atoms with Gasteiger partial charge in [0.05, 0.1) is 11.9 Å². The maximum Gasteiger partial charge on any atom is 0.243 e. The first kappa shape index (κ1) is 30.9. The number of hydrogen-bond acceptors (Lipinski definition) is 4. The molecule has 0 aliphatic heterocycles. The molecule has 0 aliphatic carbocycles. The van der Waals surface area contributed by atoms with Gasteiger partial charge in [-0.3, -0.25) is 13.9 Å². The minimum Gasteiger partial charge on any atom is -0.352 e. The van der Waals surface area contributed by atoms with Gasteiger partial charge in [0.2, 0.25) is 21.8 Å². The minimum atomic E-state index is -3.53. The number of aryl methyl sites for hydroxylation is 1. The number of carbonyl (C=O) groups is 2. The van der Waals surface area contributed by atoms with Crippen LogP contribution in [0.2, 0.25) is 0 Å². The van der Waals surface area contributed by atoms with E-state index in [1.54, 1.807) is 29.2 Å². The van der Waals surface area contributed by atoms with E-state index < -0.39 is 16.1 Å². The zero-order valence-corrected chi connectivity index (χ0v) is 24.7. The van der Waals surface area contributed by atoms with Crippen molar-refractivity contribution in [2.24, 2.45) is 0 Å². The Morgan fingerprint density at radius 1 is 0.900 bits per heavy atom. The van der Waals surface area contributed by atoms with Crippen LogP contribution in [0.4, 0.5) is 5.69 Å². The second-order valence-corrected chi connectivity index (χ2v) is 12.2. The Morgan fingerprint density at radius 2 is 1.50 bits per heavy atom. The molecule has 3 aromatic rings. The van der Waals surface area contributed by atoms with Crippen LogP contribution in [0, 0.1) is 6.92 Å². The summed E-state index contributed by atoms with van der Waals surface area (Å²) in [6, 6.07) is 25.7. The van der Waals surface area contributed by atoms with Crippen molar-refractivity contribution in [1.29, 1.82) is 0 Å². The van der Waals surface area contributed by atoms with Gasteiger partial charge in [0, 0.05) is 32.0 Å². The van der Waals surface area contributed by atoms with Gasteiger partial charge in [0.15, 0.2) is 0 Å². The lowest BCUT2D eigenvalue weighted by Gasteiger charge is -2.33. The van der Waals surface area contributed by atoms with Crippen molar-refractivity contribution < 1.29 is 18.0 Å². The fraction of sp³-hybridized carbons (Fsp3) is 0.375. The van der Waals surface area contributed by atoms with E-state index in [1.807, 2.05) is 81.4 Å². The van der Waals surface area contributed by atoms with Gasteiger partial charge in [-0.1, -0.05) is 79.7 Å². The molecule has 0 aromatic heterocycles. The minimum absolute atomic E-state index is 0.0321. The summed E-state index contributed by atoms with van der Waals surface area (Å²) in [4.78, 5) is 29.2. The molecular formula is C32H41N3O4S. The van der Waals surface area contributed by atoms with E-state index in [9.17, 15) is 18.0 Å². The number of amides is 2. The predicted octanol–water partition coefficient (Wildman–Crippen LogP) is 5.10. The van der Waals surface area contributed by atoms with Gasteiger partial charge in [0.1, 0.15) is 6.04 Å². The van der Waals surface area contributed by atoms with Crippen LogP contribution in [0.1, 0.15) is 49.8 Å². The molecule has 0 saturated carbocycles. The number of carbonyl (C=O) groups excluding carboxylic acids is 2. The third-order valence-corrected chi connectivity index (χ3v) is 8.26. The Bertz CT molecular complexity index is 1350. The van der Waals surface area contributed by atoms with Gasteiger partial charge < -0.3 is 10.2 Å². The summed E-state index contributed by atoms with van der Waals surface area (Å²) in [7, 11) is -3.53. The third kappa shape index (κ3) is 8.95. The van der Waals surface area contributed by atoms with Crippen LogP contribution in [0.15, 0.2) is 84.9 Å². The number of benzene rings is 3. The summed E-state index contributed by atoms with van der Waals surface area (Å²) < 4.78 is 26.4. The van der Waals surface area contributed by atoms with Crippen LogP contribution in [-0.4, -0.2) is 50.0 Å². The lowest BCUT2D eigenvalue weighted by atomic mass is 10.0. The Morgan fingerprint density at radius 3 is 2.10 bits per heavy atom. The molecule has 0 saturated heterocycles. The van der Waals surface area contributed by atoms with Crippen molar-refractivity contribution in [2.75, 3.05) is 17.1 Å². The van der Waals surface area contributed by atoms with Gasteiger partial charge >= 0.3 is 0 Å². The maximum atomic E-state index is 13.9. The molecule has 2 atom stereocenters. The van der Waals surface area contributed by atoms with E-state index in [1.165, 1.54) is 10.6 Å². The van der Waals surface area contributed by atoms with Crippen molar-refractivity contribution in [1.82, 2.24) is 10.2 Å². The van der Waals surface area contributed by atoms with Crippen molar-refractivity contribution >= 4 is 27.5 Å². The number of nitrogens with zero attached hydrogens (tertiary/aromatic N) is 2. The van der Waals surface area contributed by atoms with Crippen LogP contribution in [0.5, 0.6) is 0 Å². The van der Waals surface area contributed by atoms with Crippen LogP contribution in [0.25, 0.3) is 0 Å². The number of sulfonamides is 1. The molecule has 3 rings (SSSR count). The highest BCUT2D eigenvalue weighted by atomic mass is 32.2. The second kappa shape index (κ2) is 14.7. The van der Waals surface area contributed by atoms with Gasteiger partial charge in [0.25, 0.3) is 0 Å². The van der Waals surface area contributed by atoms with Crippen LogP contribution in [-0.2, 0) is 32.6 Å². The number of nitrogens with one attached hydrogen (secondary N) is 1. The highest BCUT2D eigenvalue weighted by Crippen LogP contribution is 2.21. The molecule has 214 valence electrons. The van der Waals surface area contributed by atoms with E-state index in [-0.39, 0.29) is 37.4 Å². The SMILES string of the molecule is CCC(C)NC(=O)C(Cc1ccccc1)N(Cc1ccccc1C)C(=O)CCCN(c1ccccc1)S(C)(=O)=O. The molecule has 0 radical (unpaired) electrons. The quantitative estimate of drug-likeness (QED) is 0.296. The van der Waals surface area contributed by atoms with Crippen LogP contribution >= 0.6 is 0 Å². The van der Waals surface area contributed by atoms with Crippen molar-refractivity contribution in [2.45, 2.75) is 65.1 Å². The molecule has 0 spiro atoms. The maximum absolute atomic E-state index is 13.9. The number of rotatable bonds is 14. The Kier molecular flexibility index (Phi) is 11.3. The lowest BCUT2D eigenvalue weighted by molar-refractivity contribution is -0.141. The summed E-state index contributed by atoms with van der Waals surface area (Å²) in [5.74, 6) is -0.382. The van der Waals surface area contributed by atoms with Crippen molar-refractivity contribution in [3.8, 4) is 0 Å². The number of anilines is 1. The average molecular weight is 564 g/mol. The Balaban J connectivity index is 1.89. The van der Waals surface area contributed by atoms with Crippen molar-refractivity contribution in [3.63, 3.8) is 0 Å². The van der Waals surface area contributed by atoms with Gasteiger partial charge in [-0.15, -0.1) is 0 Å². The zero-order chi connectivity index (χ0) is 29.1. The van der Waals surface area contributed by atoms with Gasteiger partial charge in [-0.05, 0) is 55.5 Å². The zero-order valence-electron chi connectivity index (χ0n) is 23.9.